The first-order valence-electron chi connectivity index (χ1n) is 9.81. The number of rotatable bonds is 4. The fourth-order valence-corrected chi connectivity index (χ4v) is 5.32. The van der Waals surface area contributed by atoms with E-state index in [0.29, 0.717) is 19.0 Å². The standard InChI is InChI=1S/C22H28FNO2/c1-14-4-3-9-22(2)11-20-17(10-19(14)22)18(21(25)26-20)13-24-12-15-5-7-16(23)8-6-15/h5-8,17-18,20,24H,3-4,9-13H2,1-2H3/t17-,18+,20-,22-/m1/s1. The highest BCUT2D eigenvalue weighted by molar-refractivity contribution is 5.76. The summed E-state index contributed by atoms with van der Waals surface area (Å²) in [4.78, 5) is 12.5. The Hall–Kier alpha value is -1.68. The molecule has 0 spiro atoms. The van der Waals surface area contributed by atoms with E-state index in [9.17, 15) is 9.18 Å². The molecule has 1 saturated heterocycles. The second kappa shape index (κ2) is 6.80. The third kappa shape index (κ3) is 3.20. The molecule has 1 aromatic carbocycles. The summed E-state index contributed by atoms with van der Waals surface area (Å²) >= 11 is 0. The maximum atomic E-state index is 13.0. The summed E-state index contributed by atoms with van der Waals surface area (Å²) in [5.41, 5.74) is 4.37. The third-order valence-corrected chi connectivity index (χ3v) is 6.79. The Bertz CT molecular complexity index is 726. The van der Waals surface area contributed by atoms with E-state index in [1.165, 1.54) is 37.0 Å². The molecular weight excluding hydrogens is 329 g/mol. The van der Waals surface area contributed by atoms with Crippen molar-refractivity contribution in [2.75, 3.05) is 6.54 Å². The van der Waals surface area contributed by atoms with Gasteiger partial charge >= 0.3 is 5.97 Å². The first kappa shape index (κ1) is 17.7. The van der Waals surface area contributed by atoms with E-state index in [4.69, 9.17) is 4.74 Å². The minimum Gasteiger partial charge on any atom is -0.462 e. The number of carbonyl (C=O) groups is 1. The molecule has 3 nitrogen and oxygen atoms in total. The quantitative estimate of drug-likeness (QED) is 0.642. The molecule has 26 heavy (non-hydrogen) atoms. The van der Waals surface area contributed by atoms with Crippen LogP contribution in [0.1, 0.15) is 51.5 Å². The molecule has 0 bridgehead atoms. The molecule has 1 saturated carbocycles. The molecule has 3 aliphatic rings. The molecule has 4 atom stereocenters. The smallest absolute Gasteiger partial charge is 0.310 e. The SMILES string of the molecule is CC1=C2C[C@@H]3[C@H](CNCc4ccc(F)cc4)C(=O)O[C@@H]3C[C@@]2(C)CCC1. The van der Waals surface area contributed by atoms with Crippen molar-refractivity contribution in [1.29, 1.82) is 0 Å². The van der Waals surface area contributed by atoms with Gasteiger partial charge in [-0.2, -0.15) is 0 Å². The van der Waals surface area contributed by atoms with E-state index < -0.39 is 0 Å². The van der Waals surface area contributed by atoms with Gasteiger partial charge in [-0.25, -0.2) is 4.39 Å². The summed E-state index contributed by atoms with van der Waals surface area (Å²) in [6.07, 6.45) is 5.71. The molecule has 0 aromatic heterocycles. The number of carbonyl (C=O) groups excluding carboxylic acids is 1. The first-order valence-corrected chi connectivity index (χ1v) is 9.81. The lowest BCUT2D eigenvalue weighted by atomic mass is 9.59. The molecule has 0 radical (unpaired) electrons. The van der Waals surface area contributed by atoms with Gasteiger partial charge in [0.1, 0.15) is 11.9 Å². The zero-order valence-corrected chi connectivity index (χ0v) is 15.7. The molecule has 0 amide bonds. The van der Waals surface area contributed by atoms with E-state index in [1.54, 1.807) is 17.7 Å². The lowest BCUT2D eigenvalue weighted by molar-refractivity contribution is -0.145. The minimum atomic E-state index is -0.225. The number of hydrogen-bond donors (Lipinski definition) is 1. The van der Waals surface area contributed by atoms with Gasteiger partial charge in [-0.15, -0.1) is 0 Å². The fraction of sp³-hybridized carbons (Fsp3) is 0.591. The molecule has 1 N–H and O–H groups in total. The Morgan fingerprint density at radius 3 is 2.85 bits per heavy atom. The van der Waals surface area contributed by atoms with Crippen LogP contribution in [0.5, 0.6) is 0 Å². The molecule has 1 aliphatic heterocycles. The predicted molar refractivity (Wildman–Crippen MR) is 98.9 cm³/mol. The van der Waals surface area contributed by atoms with Gasteiger partial charge in [0.05, 0.1) is 5.92 Å². The van der Waals surface area contributed by atoms with E-state index in [0.717, 1.165) is 18.4 Å². The first-order chi connectivity index (χ1) is 12.5. The lowest BCUT2D eigenvalue weighted by Crippen LogP contribution is -2.40. The van der Waals surface area contributed by atoms with E-state index in [-0.39, 0.29) is 29.2 Å². The van der Waals surface area contributed by atoms with Crippen LogP contribution in [0.4, 0.5) is 4.39 Å². The lowest BCUT2D eigenvalue weighted by Gasteiger charge is -2.45. The summed E-state index contributed by atoms with van der Waals surface area (Å²) in [7, 11) is 0. The second-order valence-electron chi connectivity index (χ2n) is 8.58. The molecule has 1 heterocycles. The summed E-state index contributed by atoms with van der Waals surface area (Å²) in [6, 6.07) is 6.50. The largest absolute Gasteiger partial charge is 0.462 e. The van der Waals surface area contributed by atoms with Crippen LogP contribution in [0.15, 0.2) is 35.4 Å². The Morgan fingerprint density at radius 2 is 2.08 bits per heavy atom. The predicted octanol–water partition coefficient (Wildman–Crippen LogP) is 4.37. The number of fused-ring (bicyclic) bond motifs is 2. The van der Waals surface area contributed by atoms with Crippen LogP contribution in [0, 0.1) is 23.1 Å². The topological polar surface area (TPSA) is 38.3 Å². The Labute approximate surface area is 155 Å². The van der Waals surface area contributed by atoms with Crippen LogP contribution < -0.4 is 5.32 Å². The highest BCUT2D eigenvalue weighted by atomic mass is 19.1. The Kier molecular flexibility index (Phi) is 4.64. The van der Waals surface area contributed by atoms with E-state index >= 15 is 0 Å². The van der Waals surface area contributed by atoms with Crippen molar-refractivity contribution in [2.24, 2.45) is 17.3 Å². The molecule has 140 valence electrons. The molecule has 4 heteroatoms. The number of ether oxygens (including phenoxy) is 1. The average Bonchev–Trinajstić information content (AvgIpc) is 2.89. The number of halogens is 1. The van der Waals surface area contributed by atoms with Gasteiger partial charge in [-0.3, -0.25) is 4.79 Å². The number of nitrogens with one attached hydrogen (secondary N) is 1. The fourth-order valence-electron chi connectivity index (χ4n) is 5.32. The van der Waals surface area contributed by atoms with Crippen molar-refractivity contribution >= 4 is 5.97 Å². The summed E-state index contributed by atoms with van der Waals surface area (Å²) in [5.74, 6) is -0.0592. The summed E-state index contributed by atoms with van der Waals surface area (Å²) in [6.45, 7) is 5.89. The van der Waals surface area contributed by atoms with Gasteiger partial charge < -0.3 is 10.1 Å². The molecule has 4 rings (SSSR count). The minimum absolute atomic E-state index is 0.0490. The highest BCUT2D eigenvalue weighted by Crippen LogP contribution is 2.54. The van der Waals surface area contributed by atoms with Gasteiger partial charge in [0.2, 0.25) is 0 Å². The van der Waals surface area contributed by atoms with Gasteiger partial charge in [-0.1, -0.05) is 30.2 Å². The maximum absolute atomic E-state index is 13.0. The Morgan fingerprint density at radius 1 is 1.31 bits per heavy atom. The zero-order valence-electron chi connectivity index (χ0n) is 15.7. The van der Waals surface area contributed by atoms with Crippen LogP contribution >= 0.6 is 0 Å². The van der Waals surface area contributed by atoms with Crippen LogP contribution in [0.25, 0.3) is 0 Å². The van der Waals surface area contributed by atoms with Crippen molar-refractivity contribution < 1.29 is 13.9 Å². The van der Waals surface area contributed by atoms with Gasteiger partial charge in [-0.05, 0) is 62.1 Å². The van der Waals surface area contributed by atoms with Crippen LogP contribution in [-0.2, 0) is 16.1 Å². The Balaban J connectivity index is 1.43. The summed E-state index contributed by atoms with van der Waals surface area (Å²) < 4.78 is 18.8. The number of allylic oxidation sites excluding steroid dienone is 2. The van der Waals surface area contributed by atoms with Crippen molar-refractivity contribution in [3.8, 4) is 0 Å². The van der Waals surface area contributed by atoms with Crippen molar-refractivity contribution in [1.82, 2.24) is 5.32 Å². The van der Waals surface area contributed by atoms with Gasteiger partial charge in [0.15, 0.2) is 0 Å². The average molecular weight is 357 g/mol. The van der Waals surface area contributed by atoms with Crippen molar-refractivity contribution in [3.05, 3.63) is 46.8 Å². The molecule has 2 fully saturated rings. The highest BCUT2D eigenvalue weighted by Gasteiger charge is 2.52. The van der Waals surface area contributed by atoms with Gasteiger partial charge in [0, 0.05) is 19.0 Å². The number of benzene rings is 1. The molecule has 2 aliphatic carbocycles. The number of esters is 1. The zero-order chi connectivity index (χ0) is 18.3. The van der Waals surface area contributed by atoms with Crippen molar-refractivity contribution in [2.45, 2.75) is 58.6 Å². The number of hydrogen-bond acceptors (Lipinski definition) is 3. The normalized spacial score (nSPS) is 33.7. The monoisotopic (exact) mass is 357 g/mol. The van der Waals surface area contributed by atoms with Crippen LogP contribution in [-0.4, -0.2) is 18.6 Å². The van der Waals surface area contributed by atoms with E-state index in [1.807, 2.05) is 0 Å². The van der Waals surface area contributed by atoms with Crippen LogP contribution in [0.3, 0.4) is 0 Å². The van der Waals surface area contributed by atoms with Crippen molar-refractivity contribution in [3.63, 3.8) is 0 Å². The molecular formula is C22H28FNO2. The molecule has 1 aromatic rings. The maximum Gasteiger partial charge on any atom is 0.310 e. The molecule has 0 unspecified atom stereocenters. The van der Waals surface area contributed by atoms with E-state index in [2.05, 4.69) is 19.2 Å². The second-order valence-corrected chi connectivity index (χ2v) is 8.58. The summed E-state index contributed by atoms with van der Waals surface area (Å²) in [5, 5.41) is 3.38. The van der Waals surface area contributed by atoms with Gasteiger partial charge in [0.25, 0.3) is 0 Å². The van der Waals surface area contributed by atoms with Crippen LogP contribution in [0.2, 0.25) is 0 Å². The third-order valence-electron chi connectivity index (χ3n) is 6.79.